The number of benzene rings is 3. The molecule has 0 saturated heterocycles. The Balaban J connectivity index is 2.07. The van der Waals surface area contributed by atoms with Crippen molar-refractivity contribution in [2.24, 2.45) is 0 Å². The van der Waals surface area contributed by atoms with Gasteiger partial charge in [-0.1, -0.05) is 95.3 Å². The largest absolute Gasteiger partial charge is 0.389 e. The number of rotatable bonds is 7. The number of aliphatic hydroxyl groups is 1. The maximum absolute atomic E-state index is 13.6. The third kappa shape index (κ3) is 4.95. The topological polar surface area (TPSA) is 37.3 Å². The molecule has 2 nitrogen and oxygen atoms in total. The highest BCUT2D eigenvalue weighted by molar-refractivity contribution is 7.86. The van der Waals surface area contributed by atoms with Gasteiger partial charge in [0.2, 0.25) is 0 Å². The van der Waals surface area contributed by atoms with Crippen LogP contribution in [0.25, 0.3) is 0 Å². The Labute approximate surface area is 178 Å². The van der Waals surface area contributed by atoms with Crippen LogP contribution in [-0.4, -0.2) is 28.2 Å². The Kier molecular flexibility index (Phi) is 6.57. The standard InChI is InChI=1S/C25H30O2SSi/c1-20-15-17-21(18-16-20)28(27)24(25(2,3)26)19-29(4,22-11-7-5-8-12-22)23-13-9-6-10-14-23/h5-18,24,26H,19H2,1-4H3/t24-,28-/m0/s1. The van der Waals surface area contributed by atoms with Gasteiger partial charge in [-0.05, 0) is 38.9 Å². The zero-order chi connectivity index (χ0) is 21.1. The molecule has 0 spiro atoms. The van der Waals surface area contributed by atoms with Crippen molar-refractivity contribution in [1.29, 1.82) is 0 Å². The van der Waals surface area contributed by atoms with Crippen molar-refractivity contribution in [3.8, 4) is 0 Å². The summed E-state index contributed by atoms with van der Waals surface area (Å²) in [7, 11) is -3.54. The smallest absolute Gasteiger partial charge is 0.116 e. The first-order chi connectivity index (χ1) is 13.7. The molecular weight excluding hydrogens is 392 g/mol. The molecule has 4 heteroatoms. The monoisotopic (exact) mass is 422 g/mol. The van der Waals surface area contributed by atoms with Crippen molar-refractivity contribution in [2.45, 2.75) is 49.1 Å². The lowest BCUT2D eigenvalue weighted by Gasteiger charge is -2.37. The minimum Gasteiger partial charge on any atom is -0.389 e. The minimum absolute atomic E-state index is 0.373. The third-order valence-corrected chi connectivity index (χ3v) is 12.4. The van der Waals surface area contributed by atoms with Crippen LogP contribution in [0.3, 0.4) is 0 Å². The summed E-state index contributed by atoms with van der Waals surface area (Å²) < 4.78 is 13.6. The summed E-state index contributed by atoms with van der Waals surface area (Å²) >= 11 is 0. The molecule has 0 radical (unpaired) electrons. The summed E-state index contributed by atoms with van der Waals surface area (Å²) in [6.45, 7) is 7.92. The highest BCUT2D eigenvalue weighted by Crippen LogP contribution is 2.29. The molecule has 0 aliphatic carbocycles. The van der Waals surface area contributed by atoms with E-state index in [0.29, 0.717) is 6.04 Å². The van der Waals surface area contributed by atoms with Crippen LogP contribution >= 0.6 is 0 Å². The van der Waals surface area contributed by atoms with E-state index in [9.17, 15) is 9.32 Å². The molecular formula is C25H30O2SSi. The van der Waals surface area contributed by atoms with E-state index >= 15 is 0 Å². The Hall–Kier alpha value is -2.01. The van der Waals surface area contributed by atoms with Crippen molar-refractivity contribution in [3.05, 3.63) is 90.5 Å². The summed E-state index contributed by atoms with van der Waals surface area (Å²) in [6.07, 6.45) is 0. The van der Waals surface area contributed by atoms with Crippen LogP contribution in [-0.2, 0) is 10.8 Å². The molecule has 0 amide bonds. The summed E-state index contributed by atoms with van der Waals surface area (Å²) in [5.41, 5.74) is 0.0754. The highest BCUT2D eigenvalue weighted by atomic mass is 32.2. The van der Waals surface area contributed by atoms with E-state index in [1.54, 1.807) is 13.8 Å². The van der Waals surface area contributed by atoms with Gasteiger partial charge in [0.05, 0.1) is 21.7 Å². The first-order valence-corrected chi connectivity index (χ1v) is 13.9. The van der Waals surface area contributed by atoms with Gasteiger partial charge in [0.1, 0.15) is 8.07 Å². The van der Waals surface area contributed by atoms with E-state index in [2.05, 4.69) is 55.1 Å². The van der Waals surface area contributed by atoms with E-state index in [0.717, 1.165) is 10.5 Å². The fourth-order valence-corrected chi connectivity index (χ4v) is 10.6. The van der Waals surface area contributed by atoms with Crippen molar-refractivity contribution < 1.29 is 9.32 Å². The van der Waals surface area contributed by atoms with E-state index in [1.165, 1.54) is 10.4 Å². The van der Waals surface area contributed by atoms with Crippen molar-refractivity contribution in [1.82, 2.24) is 0 Å². The molecule has 0 aliphatic rings. The van der Waals surface area contributed by atoms with E-state index in [1.807, 2.05) is 43.3 Å². The maximum atomic E-state index is 13.6. The predicted octanol–water partition coefficient (Wildman–Crippen LogP) is 4.14. The van der Waals surface area contributed by atoms with Crippen LogP contribution in [0.1, 0.15) is 19.4 Å². The first-order valence-electron chi connectivity index (χ1n) is 10.0. The minimum atomic E-state index is -2.23. The summed E-state index contributed by atoms with van der Waals surface area (Å²) in [5.74, 6) is 0. The molecule has 152 valence electrons. The second-order valence-corrected chi connectivity index (χ2v) is 14.4. The van der Waals surface area contributed by atoms with Gasteiger partial charge in [-0.15, -0.1) is 0 Å². The van der Waals surface area contributed by atoms with Crippen LogP contribution in [0.5, 0.6) is 0 Å². The first kappa shape index (κ1) is 21.7. The lowest BCUT2D eigenvalue weighted by molar-refractivity contribution is 0.0807. The normalized spacial score (nSPS) is 14.4. The van der Waals surface area contributed by atoms with Crippen LogP contribution in [0.15, 0.2) is 89.8 Å². The number of aryl methyl sites for hydroxylation is 1. The summed E-state index contributed by atoms with van der Waals surface area (Å²) in [4.78, 5) is 0.778. The molecule has 2 atom stereocenters. The summed E-state index contributed by atoms with van der Waals surface area (Å²) in [5, 5.41) is 13.3. The van der Waals surface area contributed by atoms with Crippen molar-refractivity contribution in [3.63, 3.8) is 0 Å². The van der Waals surface area contributed by atoms with Gasteiger partial charge in [0, 0.05) is 4.90 Å². The highest BCUT2D eigenvalue weighted by Gasteiger charge is 2.42. The van der Waals surface area contributed by atoms with Gasteiger partial charge in [0.15, 0.2) is 0 Å². The van der Waals surface area contributed by atoms with E-state index < -0.39 is 24.5 Å². The molecule has 3 aromatic rings. The molecule has 0 saturated carbocycles. The fraction of sp³-hybridized carbons (Fsp3) is 0.280. The Bertz CT molecular complexity index is 908. The average Bonchev–Trinajstić information content (AvgIpc) is 2.72. The second-order valence-electron chi connectivity index (χ2n) is 8.52. The van der Waals surface area contributed by atoms with Crippen molar-refractivity contribution >= 4 is 29.2 Å². The lowest BCUT2D eigenvalue weighted by atomic mass is 10.1. The molecule has 0 aromatic heterocycles. The maximum Gasteiger partial charge on any atom is 0.116 e. The van der Waals surface area contributed by atoms with Crippen LogP contribution in [0, 0.1) is 6.92 Å². The molecule has 1 N–H and O–H groups in total. The molecule has 29 heavy (non-hydrogen) atoms. The quantitative estimate of drug-likeness (QED) is 0.581. The van der Waals surface area contributed by atoms with E-state index in [4.69, 9.17) is 0 Å². The Morgan fingerprint density at radius 2 is 1.31 bits per heavy atom. The van der Waals surface area contributed by atoms with Crippen molar-refractivity contribution in [2.75, 3.05) is 0 Å². The Morgan fingerprint density at radius 1 is 0.862 bits per heavy atom. The van der Waals surface area contributed by atoms with Gasteiger partial charge in [-0.25, -0.2) is 0 Å². The Morgan fingerprint density at radius 3 is 1.72 bits per heavy atom. The van der Waals surface area contributed by atoms with Gasteiger partial charge >= 0.3 is 0 Å². The summed E-state index contributed by atoms with van der Waals surface area (Å²) in [6, 6.07) is 29.6. The average molecular weight is 423 g/mol. The van der Waals surface area contributed by atoms with Crippen LogP contribution in [0.4, 0.5) is 0 Å². The molecule has 0 unspecified atom stereocenters. The lowest BCUT2D eigenvalue weighted by Crippen LogP contribution is -2.60. The second kappa shape index (κ2) is 8.78. The molecule has 3 aromatic carbocycles. The zero-order valence-electron chi connectivity index (χ0n) is 17.6. The fourth-order valence-electron chi connectivity index (χ4n) is 3.81. The van der Waals surface area contributed by atoms with Gasteiger partial charge in [-0.2, -0.15) is 0 Å². The number of hydrogen-bond acceptors (Lipinski definition) is 2. The molecule has 0 fully saturated rings. The predicted molar refractivity (Wildman–Crippen MR) is 126 cm³/mol. The van der Waals surface area contributed by atoms with Crippen LogP contribution < -0.4 is 10.4 Å². The molecule has 3 rings (SSSR count). The molecule has 0 heterocycles. The van der Waals surface area contributed by atoms with Gasteiger partial charge in [0.25, 0.3) is 0 Å². The van der Waals surface area contributed by atoms with Gasteiger partial charge < -0.3 is 5.11 Å². The third-order valence-electron chi connectivity index (χ3n) is 5.72. The van der Waals surface area contributed by atoms with Gasteiger partial charge in [-0.3, -0.25) is 4.21 Å². The van der Waals surface area contributed by atoms with Crippen LogP contribution in [0.2, 0.25) is 12.6 Å². The SMILES string of the molecule is Cc1ccc([S@](=O)[C@@H](C[Si](C)(c2ccccc2)c2ccccc2)C(C)(C)O)cc1. The number of hydrogen-bond donors (Lipinski definition) is 1. The zero-order valence-corrected chi connectivity index (χ0v) is 19.4. The van der Waals surface area contributed by atoms with E-state index in [-0.39, 0.29) is 5.25 Å². The molecule has 0 bridgehead atoms. The molecule has 0 aliphatic heterocycles.